The van der Waals surface area contributed by atoms with Crippen LogP contribution in [0.25, 0.3) is 0 Å². The molecule has 0 radical (unpaired) electrons. The van der Waals surface area contributed by atoms with Gasteiger partial charge in [0.2, 0.25) is 9.84 Å². The monoisotopic (exact) mass is 401 g/mol. The van der Waals surface area contributed by atoms with Crippen molar-refractivity contribution in [2.45, 2.75) is 16.2 Å². The Hall–Kier alpha value is -3.53. The van der Waals surface area contributed by atoms with E-state index in [-0.39, 0.29) is 33.0 Å². The van der Waals surface area contributed by atoms with E-state index in [1.165, 1.54) is 6.07 Å². The molecule has 0 saturated heterocycles. The summed E-state index contributed by atoms with van der Waals surface area (Å²) in [5, 5.41) is 21.3. The highest BCUT2D eigenvalue weighted by molar-refractivity contribution is 7.91. The van der Waals surface area contributed by atoms with Gasteiger partial charge in [-0.05, 0) is 35.9 Å². The third kappa shape index (κ3) is 3.25. The first-order valence-corrected chi connectivity index (χ1v) is 9.38. The average molecular weight is 401 g/mol. The van der Waals surface area contributed by atoms with Crippen molar-refractivity contribution in [1.82, 2.24) is 4.90 Å². The van der Waals surface area contributed by atoms with Gasteiger partial charge in [-0.2, -0.15) is 0 Å². The largest absolute Gasteiger partial charge is 0.550 e. The first-order valence-electron chi connectivity index (χ1n) is 7.89. The highest BCUT2D eigenvalue weighted by Crippen LogP contribution is 2.28. The Balaban J connectivity index is 1.96. The summed E-state index contributed by atoms with van der Waals surface area (Å²) in [6.45, 7) is -0.387. The molecule has 28 heavy (non-hydrogen) atoms. The minimum atomic E-state index is -4.09. The molecular weight excluding hydrogens is 390 g/mol. The molecule has 0 atom stereocenters. The van der Waals surface area contributed by atoms with E-state index in [9.17, 15) is 37.8 Å². The molecule has 2 aromatic carbocycles. The Labute approximate surface area is 158 Å². The number of nitrogens with zero attached hydrogens (tertiary/aromatic N) is 1. The second-order valence-electron chi connectivity index (χ2n) is 5.91. The molecule has 1 heterocycles. The van der Waals surface area contributed by atoms with Crippen LogP contribution in [0.1, 0.15) is 37.5 Å². The number of aliphatic carboxylic acids is 1. The number of carbonyl (C=O) groups is 4. The van der Waals surface area contributed by atoms with E-state index < -0.39 is 40.0 Å². The lowest BCUT2D eigenvalue weighted by atomic mass is 10.1. The third-order valence-electron chi connectivity index (χ3n) is 4.19. The number of aromatic carboxylic acids is 1. The van der Waals surface area contributed by atoms with Gasteiger partial charge in [0.1, 0.15) is 0 Å². The molecule has 3 rings (SSSR count). The van der Waals surface area contributed by atoms with Crippen molar-refractivity contribution in [3.63, 3.8) is 0 Å². The van der Waals surface area contributed by atoms with E-state index in [1.54, 1.807) is 0 Å². The van der Waals surface area contributed by atoms with E-state index >= 15 is 0 Å². The summed E-state index contributed by atoms with van der Waals surface area (Å²) in [6, 6.07) is 7.69. The Morgan fingerprint density at radius 3 is 2.00 bits per heavy atom. The van der Waals surface area contributed by atoms with Gasteiger partial charge in [0.25, 0.3) is 11.8 Å². The maximum atomic E-state index is 12.7. The molecule has 9 nitrogen and oxygen atoms in total. The number of imide groups is 1. The minimum Gasteiger partial charge on any atom is -0.550 e. The van der Waals surface area contributed by atoms with Gasteiger partial charge < -0.3 is 19.8 Å². The van der Waals surface area contributed by atoms with E-state index in [0.29, 0.717) is 4.90 Å². The molecule has 0 fully saturated rings. The van der Waals surface area contributed by atoms with Gasteiger partial charge in [0.05, 0.1) is 26.9 Å². The van der Waals surface area contributed by atoms with E-state index in [0.717, 1.165) is 36.4 Å². The van der Waals surface area contributed by atoms with Crippen molar-refractivity contribution in [3.05, 3.63) is 59.2 Å². The smallest absolute Gasteiger partial charge is 0.261 e. The molecule has 1 aliphatic heterocycles. The van der Waals surface area contributed by atoms with Crippen molar-refractivity contribution in [2.75, 3.05) is 6.54 Å². The van der Waals surface area contributed by atoms with Gasteiger partial charge in [0.15, 0.2) is 0 Å². The Bertz CT molecular complexity index is 1120. The van der Waals surface area contributed by atoms with Crippen LogP contribution < -0.4 is 10.2 Å². The summed E-state index contributed by atoms with van der Waals surface area (Å²) in [5.41, 5.74) is -0.386. The third-order valence-corrected chi connectivity index (χ3v) is 5.96. The van der Waals surface area contributed by atoms with Crippen LogP contribution >= 0.6 is 0 Å². The van der Waals surface area contributed by atoms with Crippen molar-refractivity contribution in [1.29, 1.82) is 0 Å². The molecule has 2 amide bonds. The molecule has 0 bridgehead atoms. The van der Waals surface area contributed by atoms with Crippen LogP contribution in [0.15, 0.2) is 52.3 Å². The second-order valence-corrected chi connectivity index (χ2v) is 7.86. The molecule has 0 N–H and O–H groups in total. The van der Waals surface area contributed by atoms with Gasteiger partial charge in [-0.15, -0.1) is 0 Å². The first-order chi connectivity index (χ1) is 13.1. The quantitative estimate of drug-likeness (QED) is 0.537. The molecule has 0 unspecified atom stereocenters. The summed E-state index contributed by atoms with van der Waals surface area (Å²) in [7, 11) is -4.09. The number of carboxylic acid groups (broad SMARTS) is 2. The molecule has 10 heteroatoms. The number of hydrogen-bond acceptors (Lipinski definition) is 8. The van der Waals surface area contributed by atoms with Crippen molar-refractivity contribution in [3.8, 4) is 0 Å². The molecule has 2 aromatic rings. The molecule has 1 aliphatic rings. The number of hydrogen-bond donors (Lipinski definition) is 0. The standard InChI is InChI=1S/C18H13NO8S/c20-15(21)7-8-19-16(22)13-6-5-12(9-14(13)17(19)23)28(26,27)11-3-1-10(2-4-11)18(24)25/h1-6,9H,7-8H2,(H,20,21)(H,24,25)/p-2. The van der Waals surface area contributed by atoms with Gasteiger partial charge in [-0.25, -0.2) is 8.42 Å². The predicted octanol–water partition coefficient (Wildman–Crippen LogP) is -1.38. The summed E-state index contributed by atoms with van der Waals surface area (Å²) >= 11 is 0. The average Bonchev–Trinajstić information content (AvgIpc) is 2.90. The summed E-state index contributed by atoms with van der Waals surface area (Å²) in [4.78, 5) is 46.2. The summed E-state index contributed by atoms with van der Waals surface area (Å²) < 4.78 is 25.5. The lowest BCUT2D eigenvalue weighted by Crippen LogP contribution is -2.34. The Morgan fingerprint density at radius 2 is 1.43 bits per heavy atom. The fourth-order valence-corrected chi connectivity index (χ4v) is 4.04. The van der Waals surface area contributed by atoms with Crippen molar-refractivity contribution < 1.29 is 37.8 Å². The van der Waals surface area contributed by atoms with Crippen LogP contribution in [0.2, 0.25) is 0 Å². The lowest BCUT2D eigenvalue weighted by molar-refractivity contribution is -0.305. The SMILES string of the molecule is O=C([O-])CCN1C(=O)c2ccc(S(=O)(=O)c3ccc(C(=O)[O-])cc3)cc2C1=O. The minimum absolute atomic E-state index is 0.0328. The van der Waals surface area contributed by atoms with Crippen LogP contribution in [0.3, 0.4) is 0 Å². The number of fused-ring (bicyclic) bond motifs is 1. The van der Waals surface area contributed by atoms with Crippen LogP contribution in [0.4, 0.5) is 0 Å². The Kier molecular flexibility index (Phi) is 4.73. The van der Waals surface area contributed by atoms with E-state index in [4.69, 9.17) is 0 Å². The van der Waals surface area contributed by atoms with Gasteiger partial charge in [0, 0.05) is 18.9 Å². The topological polar surface area (TPSA) is 152 Å². The predicted molar refractivity (Wildman–Crippen MR) is 87.7 cm³/mol. The lowest BCUT2D eigenvalue weighted by Gasteiger charge is -2.13. The number of amides is 2. The maximum Gasteiger partial charge on any atom is 0.261 e. The number of rotatable bonds is 6. The molecule has 144 valence electrons. The van der Waals surface area contributed by atoms with Crippen LogP contribution in [-0.4, -0.2) is 43.6 Å². The number of carboxylic acids is 2. The maximum absolute atomic E-state index is 12.7. The van der Waals surface area contributed by atoms with Gasteiger partial charge >= 0.3 is 0 Å². The molecule has 0 saturated carbocycles. The van der Waals surface area contributed by atoms with Crippen LogP contribution in [0.5, 0.6) is 0 Å². The number of carbonyl (C=O) groups excluding carboxylic acids is 4. The first kappa shape index (κ1) is 19.2. The highest BCUT2D eigenvalue weighted by Gasteiger charge is 2.36. The number of benzene rings is 2. The van der Waals surface area contributed by atoms with E-state index in [2.05, 4.69) is 0 Å². The van der Waals surface area contributed by atoms with E-state index in [1.807, 2.05) is 0 Å². The zero-order valence-electron chi connectivity index (χ0n) is 14.1. The van der Waals surface area contributed by atoms with Crippen molar-refractivity contribution >= 4 is 33.6 Å². The fraction of sp³-hybridized carbons (Fsp3) is 0.111. The Morgan fingerprint density at radius 1 is 0.857 bits per heavy atom. The van der Waals surface area contributed by atoms with Crippen LogP contribution in [0, 0.1) is 0 Å². The van der Waals surface area contributed by atoms with Gasteiger partial charge in [-0.3, -0.25) is 14.5 Å². The molecule has 0 aliphatic carbocycles. The zero-order valence-corrected chi connectivity index (χ0v) is 14.9. The highest BCUT2D eigenvalue weighted by atomic mass is 32.2. The molecular formula is C18H11NO8S-2. The second kappa shape index (κ2) is 6.89. The zero-order chi connectivity index (χ0) is 20.6. The molecule has 0 spiro atoms. The molecule has 0 aromatic heterocycles. The van der Waals surface area contributed by atoms with Crippen molar-refractivity contribution in [2.24, 2.45) is 0 Å². The summed E-state index contributed by atoms with van der Waals surface area (Å²) in [6.07, 6.45) is -0.540. The van der Waals surface area contributed by atoms with Gasteiger partial charge in [-0.1, -0.05) is 12.1 Å². The van der Waals surface area contributed by atoms with Crippen LogP contribution in [-0.2, 0) is 14.6 Å². The summed E-state index contributed by atoms with van der Waals surface area (Å²) in [5.74, 6) is -4.41. The fourth-order valence-electron chi connectivity index (χ4n) is 2.75. The normalized spacial score (nSPS) is 13.5. The number of sulfone groups is 1.